The maximum atomic E-state index is 6.35. The van der Waals surface area contributed by atoms with E-state index in [0.29, 0.717) is 33.4 Å². The number of aromatic nitrogens is 4. The van der Waals surface area contributed by atoms with Crippen LogP contribution in [0.25, 0.3) is 16.9 Å². The molecule has 0 atom stereocenters. The first kappa shape index (κ1) is 16.9. The maximum absolute atomic E-state index is 6.35. The number of pyridine rings is 1. The molecule has 0 aliphatic heterocycles. The second-order valence-electron chi connectivity index (χ2n) is 5.70. The van der Waals surface area contributed by atoms with Crippen molar-refractivity contribution in [3.8, 4) is 11.3 Å². The SMILES string of the molecule is [B]c1cnn2c(NCc3cccnc3)cc(-c3ccc(Cl)cc3Cl)nc12. The zero-order valence-corrected chi connectivity index (χ0v) is 15.0. The van der Waals surface area contributed by atoms with Crippen molar-refractivity contribution in [1.82, 2.24) is 19.6 Å². The van der Waals surface area contributed by atoms with Crippen molar-refractivity contribution in [2.45, 2.75) is 6.54 Å². The van der Waals surface area contributed by atoms with Crippen LogP contribution in [0.2, 0.25) is 10.0 Å². The molecule has 4 aromatic rings. The van der Waals surface area contributed by atoms with Crippen LogP contribution in [0.1, 0.15) is 5.56 Å². The highest BCUT2D eigenvalue weighted by Gasteiger charge is 2.13. The van der Waals surface area contributed by atoms with E-state index in [4.69, 9.17) is 31.0 Å². The molecular weight excluding hydrogens is 368 g/mol. The number of hydrogen-bond acceptors (Lipinski definition) is 4. The number of benzene rings is 1. The molecule has 5 nitrogen and oxygen atoms in total. The molecule has 1 N–H and O–H groups in total. The van der Waals surface area contributed by atoms with E-state index in [1.807, 2.05) is 24.3 Å². The molecule has 26 heavy (non-hydrogen) atoms. The first-order chi connectivity index (χ1) is 12.6. The molecule has 0 bridgehead atoms. The highest BCUT2D eigenvalue weighted by atomic mass is 35.5. The Hall–Kier alpha value is -2.57. The van der Waals surface area contributed by atoms with Crippen molar-refractivity contribution in [2.75, 3.05) is 5.32 Å². The molecule has 1 aromatic carbocycles. The van der Waals surface area contributed by atoms with Crippen molar-refractivity contribution < 1.29 is 0 Å². The highest BCUT2D eigenvalue weighted by molar-refractivity contribution is 6.37. The average molecular weight is 380 g/mol. The Morgan fingerprint density at radius 3 is 2.77 bits per heavy atom. The van der Waals surface area contributed by atoms with Gasteiger partial charge in [0.1, 0.15) is 13.7 Å². The Balaban J connectivity index is 1.78. The van der Waals surface area contributed by atoms with Crippen molar-refractivity contribution in [1.29, 1.82) is 0 Å². The van der Waals surface area contributed by atoms with Crippen LogP contribution in [0.4, 0.5) is 5.82 Å². The van der Waals surface area contributed by atoms with E-state index in [9.17, 15) is 0 Å². The molecule has 0 fully saturated rings. The summed E-state index contributed by atoms with van der Waals surface area (Å²) in [6, 6.07) is 11.1. The summed E-state index contributed by atoms with van der Waals surface area (Å²) < 4.78 is 1.67. The zero-order valence-electron chi connectivity index (χ0n) is 13.5. The summed E-state index contributed by atoms with van der Waals surface area (Å²) in [5.74, 6) is 0.747. The number of anilines is 1. The molecule has 0 saturated heterocycles. The van der Waals surface area contributed by atoms with Gasteiger partial charge in [0, 0.05) is 41.8 Å². The highest BCUT2D eigenvalue weighted by Crippen LogP contribution is 2.30. The number of nitrogens with zero attached hydrogens (tertiary/aromatic N) is 4. The van der Waals surface area contributed by atoms with Gasteiger partial charge in [0.05, 0.1) is 10.7 Å². The fourth-order valence-electron chi connectivity index (χ4n) is 2.64. The van der Waals surface area contributed by atoms with Crippen LogP contribution in [0.5, 0.6) is 0 Å². The Kier molecular flexibility index (Phi) is 4.53. The Bertz CT molecular complexity index is 1080. The molecule has 0 aliphatic rings. The lowest BCUT2D eigenvalue weighted by molar-refractivity contribution is 0.925. The molecule has 3 heterocycles. The second-order valence-corrected chi connectivity index (χ2v) is 6.54. The summed E-state index contributed by atoms with van der Waals surface area (Å²) in [7, 11) is 6.02. The zero-order chi connectivity index (χ0) is 18.1. The van der Waals surface area contributed by atoms with Gasteiger partial charge in [0.25, 0.3) is 0 Å². The van der Waals surface area contributed by atoms with Crippen LogP contribution in [0, 0.1) is 0 Å². The van der Waals surface area contributed by atoms with Gasteiger partial charge in [-0.15, -0.1) is 0 Å². The van der Waals surface area contributed by atoms with E-state index < -0.39 is 0 Å². The van der Waals surface area contributed by atoms with Gasteiger partial charge in [-0.2, -0.15) is 9.61 Å². The fraction of sp³-hybridized carbons (Fsp3) is 0.0556. The van der Waals surface area contributed by atoms with Gasteiger partial charge in [-0.05, 0) is 35.3 Å². The number of halogens is 2. The Morgan fingerprint density at radius 1 is 1.12 bits per heavy atom. The molecule has 0 unspecified atom stereocenters. The predicted molar refractivity (Wildman–Crippen MR) is 105 cm³/mol. The lowest BCUT2D eigenvalue weighted by Crippen LogP contribution is -2.09. The minimum atomic E-state index is 0.487. The molecule has 0 saturated carbocycles. The van der Waals surface area contributed by atoms with E-state index in [-0.39, 0.29) is 0 Å². The van der Waals surface area contributed by atoms with E-state index in [1.165, 1.54) is 0 Å². The third-order valence-electron chi connectivity index (χ3n) is 3.90. The van der Waals surface area contributed by atoms with Gasteiger partial charge in [0.2, 0.25) is 0 Å². The van der Waals surface area contributed by atoms with E-state index in [1.54, 1.807) is 35.2 Å². The summed E-state index contributed by atoms with van der Waals surface area (Å²) in [5, 5.41) is 8.74. The van der Waals surface area contributed by atoms with Crippen molar-refractivity contribution in [2.24, 2.45) is 0 Å². The van der Waals surface area contributed by atoms with Gasteiger partial charge in [-0.25, -0.2) is 4.98 Å². The molecule has 0 amide bonds. The normalized spacial score (nSPS) is 11.0. The number of hydrogen-bond donors (Lipinski definition) is 1. The summed E-state index contributed by atoms with van der Waals surface area (Å²) in [6.45, 7) is 0.584. The van der Waals surface area contributed by atoms with Crippen LogP contribution < -0.4 is 10.8 Å². The van der Waals surface area contributed by atoms with Crippen molar-refractivity contribution in [3.05, 3.63) is 70.6 Å². The van der Waals surface area contributed by atoms with Crippen LogP contribution in [-0.2, 0) is 6.54 Å². The lowest BCUT2D eigenvalue weighted by Gasteiger charge is -2.12. The molecule has 0 aliphatic carbocycles. The quantitative estimate of drug-likeness (QED) is 0.551. The Labute approximate surface area is 161 Å². The summed E-state index contributed by atoms with van der Waals surface area (Å²) >= 11 is 12.3. The molecule has 0 spiro atoms. The maximum Gasteiger partial charge on any atom is 0.150 e. The summed E-state index contributed by atoms with van der Waals surface area (Å²) in [4.78, 5) is 8.73. The fourth-order valence-corrected chi connectivity index (χ4v) is 3.14. The standard InChI is InChI=1S/C18H12BCl2N5/c19-14-10-24-26-17(23-9-11-2-1-5-22-8-11)7-16(25-18(14)26)13-4-3-12(20)6-15(13)21/h1-8,10,23H,9H2. The Morgan fingerprint density at radius 2 is 2.00 bits per heavy atom. The lowest BCUT2D eigenvalue weighted by atomic mass is 10.0. The number of fused-ring (bicyclic) bond motifs is 1. The minimum absolute atomic E-state index is 0.487. The molecule has 126 valence electrons. The molecular formula is C18H12BCl2N5. The van der Waals surface area contributed by atoms with Crippen LogP contribution in [-0.4, -0.2) is 27.4 Å². The number of rotatable bonds is 4. The summed E-state index contributed by atoms with van der Waals surface area (Å²) in [6.07, 6.45) is 5.12. The molecule has 4 rings (SSSR count). The number of nitrogens with one attached hydrogen (secondary N) is 1. The van der Waals surface area contributed by atoms with Gasteiger partial charge < -0.3 is 5.32 Å². The van der Waals surface area contributed by atoms with Gasteiger partial charge in [-0.1, -0.05) is 29.3 Å². The van der Waals surface area contributed by atoms with Crippen LogP contribution >= 0.6 is 23.2 Å². The van der Waals surface area contributed by atoms with Crippen LogP contribution in [0.15, 0.2) is 55.0 Å². The monoisotopic (exact) mass is 379 g/mol. The molecule has 2 radical (unpaired) electrons. The van der Waals surface area contributed by atoms with Gasteiger partial charge in [0.15, 0.2) is 5.65 Å². The van der Waals surface area contributed by atoms with Crippen molar-refractivity contribution >= 4 is 48.0 Å². The topological polar surface area (TPSA) is 55.1 Å². The third kappa shape index (κ3) is 3.26. The largest absolute Gasteiger partial charge is 0.366 e. The smallest absolute Gasteiger partial charge is 0.150 e. The third-order valence-corrected chi connectivity index (χ3v) is 4.45. The first-order valence-electron chi connectivity index (χ1n) is 7.84. The van der Waals surface area contributed by atoms with Crippen LogP contribution in [0.3, 0.4) is 0 Å². The molecule has 3 aromatic heterocycles. The summed E-state index contributed by atoms with van der Waals surface area (Å²) in [5.41, 5.74) is 3.54. The van der Waals surface area contributed by atoms with Crippen molar-refractivity contribution in [3.63, 3.8) is 0 Å². The van der Waals surface area contributed by atoms with E-state index >= 15 is 0 Å². The first-order valence-corrected chi connectivity index (χ1v) is 8.60. The van der Waals surface area contributed by atoms with E-state index in [2.05, 4.69) is 20.4 Å². The second kappa shape index (κ2) is 6.98. The minimum Gasteiger partial charge on any atom is -0.366 e. The van der Waals surface area contributed by atoms with Gasteiger partial charge in [-0.3, -0.25) is 4.98 Å². The average Bonchev–Trinajstić information content (AvgIpc) is 3.02. The van der Waals surface area contributed by atoms with E-state index in [0.717, 1.165) is 16.9 Å². The predicted octanol–water partition coefficient (Wildman–Crippen LogP) is 3.50. The van der Waals surface area contributed by atoms with Gasteiger partial charge >= 0.3 is 0 Å². The molecule has 8 heteroatoms.